The predicted molar refractivity (Wildman–Crippen MR) is 107 cm³/mol. The third-order valence-electron chi connectivity index (χ3n) is 3.69. The maximum atomic E-state index is 12.7. The van der Waals surface area contributed by atoms with Crippen LogP contribution in [0.1, 0.15) is 21.5 Å². The first-order valence-corrected chi connectivity index (χ1v) is 9.94. The highest BCUT2D eigenvalue weighted by Crippen LogP contribution is 2.27. The molecule has 0 atom stereocenters. The number of amides is 1. The average molecular weight is 377 g/mol. The summed E-state index contributed by atoms with van der Waals surface area (Å²) in [4.78, 5) is 17.1. The molecule has 1 aliphatic heterocycles. The molecule has 2 aromatic rings. The maximum Gasteiger partial charge on any atom is 0.255 e. The lowest BCUT2D eigenvalue weighted by Gasteiger charge is -2.12. The Morgan fingerprint density at radius 2 is 2.12 bits per heavy atom. The third kappa shape index (κ3) is 4.15. The number of aliphatic imine (C=N–C) groups is 1. The number of halogens is 1. The maximum absolute atomic E-state index is 12.7. The molecule has 3 nitrogen and oxygen atoms in total. The smallest absolute Gasteiger partial charge is 0.255 e. The normalized spacial score (nSPS) is 13.7. The number of nitrogens with one attached hydrogen (secondary N) is 1. The van der Waals surface area contributed by atoms with E-state index in [1.54, 1.807) is 23.5 Å². The number of hydrogen-bond acceptors (Lipinski definition) is 4. The largest absolute Gasteiger partial charge is 0.322 e. The van der Waals surface area contributed by atoms with Crippen LogP contribution in [0.2, 0.25) is 5.02 Å². The first-order chi connectivity index (χ1) is 11.6. The number of anilines is 1. The van der Waals surface area contributed by atoms with E-state index in [1.165, 1.54) is 0 Å². The number of rotatable bonds is 4. The SMILES string of the molecule is Cc1c(Cl)cccc1NC(=O)c1ccccc1CSC1=NCCS1. The fourth-order valence-corrected chi connectivity index (χ4v) is 4.53. The molecule has 0 unspecified atom stereocenters. The van der Waals surface area contributed by atoms with Crippen molar-refractivity contribution in [2.45, 2.75) is 12.7 Å². The number of carbonyl (C=O) groups is 1. The van der Waals surface area contributed by atoms with Crippen molar-refractivity contribution in [3.05, 3.63) is 64.2 Å². The van der Waals surface area contributed by atoms with E-state index in [0.29, 0.717) is 10.6 Å². The van der Waals surface area contributed by atoms with Gasteiger partial charge in [0.15, 0.2) is 0 Å². The summed E-state index contributed by atoms with van der Waals surface area (Å²) in [5.41, 5.74) is 3.31. The summed E-state index contributed by atoms with van der Waals surface area (Å²) in [6.45, 7) is 2.79. The van der Waals surface area contributed by atoms with Gasteiger partial charge < -0.3 is 5.32 Å². The summed E-state index contributed by atoms with van der Waals surface area (Å²) in [6, 6.07) is 13.2. The Labute approximate surface area is 155 Å². The highest BCUT2D eigenvalue weighted by Gasteiger charge is 2.15. The predicted octanol–water partition coefficient (Wildman–Crippen LogP) is 5.24. The van der Waals surface area contributed by atoms with Crippen LogP contribution in [0, 0.1) is 6.92 Å². The second kappa shape index (κ2) is 8.10. The summed E-state index contributed by atoms with van der Waals surface area (Å²) in [5, 5.41) is 3.61. The molecule has 24 heavy (non-hydrogen) atoms. The Morgan fingerprint density at radius 3 is 2.92 bits per heavy atom. The summed E-state index contributed by atoms with van der Waals surface area (Å²) >= 11 is 9.60. The van der Waals surface area contributed by atoms with Crippen molar-refractivity contribution >= 4 is 51.1 Å². The minimum atomic E-state index is -0.113. The van der Waals surface area contributed by atoms with E-state index in [1.807, 2.05) is 49.4 Å². The lowest BCUT2D eigenvalue weighted by atomic mass is 10.1. The van der Waals surface area contributed by atoms with Crippen LogP contribution < -0.4 is 5.32 Å². The molecule has 1 amide bonds. The molecule has 3 rings (SSSR count). The number of nitrogens with zero attached hydrogens (tertiary/aromatic N) is 1. The van der Waals surface area contributed by atoms with E-state index < -0.39 is 0 Å². The lowest BCUT2D eigenvalue weighted by Crippen LogP contribution is -2.15. The Balaban J connectivity index is 1.75. The van der Waals surface area contributed by atoms with Crippen molar-refractivity contribution in [3.8, 4) is 0 Å². The molecule has 0 bridgehead atoms. The summed E-state index contributed by atoms with van der Waals surface area (Å²) in [6.07, 6.45) is 0. The second-order valence-corrected chi connectivity index (χ2v) is 8.02. The van der Waals surface area contributed by atoms with Gasteiger partial charge in [0.05, 0.1) is 6.54 Å². The zero-order valence-corrected chi connectivity index (χ0v) is 15.6. The third-order valence-corrected chi connectivity index (χ3v) is 6.40. The molecule has 6 heteroatoms. The van der Waals surface area contributed by atoms with Crippen molar-refractivity contribution in [1.29, 1.82) is 0 Å². The Morgan fingerprint density at radius 1 is 1.29 bits per heavy atom. The first-order valence-electron chi connectivity index (χ1n) is 7.59. The van der Waals surface area contributed by atoms with Crippen LogP contribution in [-0.4, -0.2) is 22.6 Å². The van der Waals surface area contributed by atoms with E-state index in [0.717, 1.165) is 39.2 Å². The van der Waals surface area contributed by atoms with E-state index in [9.17, 15) is 4.79 Å². The summed E-state index contributed by atoms with van der Waals surface area (Å²) in [7, 11) is 0. The molecule has 0 saturated heterocycles. The molecule has 0 saturated carbocycles. The minimum absolute atomic E-state index is 0.113. The van der Waals surface area contributed by atoms with Gasteiger partial charge in [-0.3, -0.25) is 9.79 Å². The molecular weight excluding hydrogens is 360 g/mol. The summed E-state index contributed by atoms with van der Waals surface area (Å²) in [5.74, 6) is 1.68. The monoisotopic (exact) mass is 376 g/mol. The van der Waals surface area contributed by atoms with Gasteiger partial charge in [0.2, 0.25) is 0 Å². The Kier molecular flexibility index (Phi) is 5.87. The number of thioether (sulfide) groups is 2. The lowest BCUT2D eigenvalue weighted by molar-refractivity contribution is 0.102. The minimum Gasteiger partial charge on any atom is -0.322 e. The fourth-order valence-electron chi connectivity index (χ4n) is 2.34. The molecule has 0 aromatic heterocycles. The van der Waals surface area contributed by atoms with Gasteiger partial charge in [-0.25, -0.2) is 0 Å². The number of carbonyl (C=O) groups excluding carboxylic acids is 1. The zero-order valence-electron chi connectivity index (χ0n) is 13.2. The molecular formula is C18H17ClN2OS2. The van der Waals surface area contributed by atoms with Gasteiger partial charge in [-0.1, -0.05) is 59.4 Å². The van der Waals surface area contributed by atoms with Crippen molar-refractivity contribution in [1.82, 2.24) is 0 Å². The van der Waals surface area contributed by atoms with E-state index >= 15 is 0 Å². The van der Waals surface area contributed by atoms with Crippen LogP contribution in [0.3, 0.4) is 0 Å². The van der Waals surface area contributed by atoms with Gasteiger partial charge in [0, 0.05) is 27.8 Å². The van der Waals surface area contributed by atoms with Gasteiger partial charge in [0.1, 0.15) is 4.38 Å². The highest BCUT2D eigenvalue weighted by molar-refractivity contribution is 8.38. The molecule has 1 heterocycles. The van der Waals surface area contributed by atoms with E-state index in [-0.39, 0.29) is 5.91 Å². The standard InChI is InChI=1S/C18H17ClN2OS2/c1-12-15(19)7-4-8-16(12)21-17(22)14-6-3-2-5-13(14)11-24-18-20-9-10-23-18/h2-8H,9-11H2,1H3,(H,21,22). The van der Waals surface area contributed by atoms with Crippen LogP contribution >= 0.6 is 35.1 Å². The highest BCUT2D eigenvalue weighted by atomic mass is 35.5. The van der Waals surface area contributed by atoms with Crippen LogP contribution in [0.15, 0.2) is 47.5 Å². The van der Waals surface area contributed by atoms with Crippen LogP contribution in [0.25, 0.3) is 0 Å². The van der Waals surface area contributed by atoms with Crippen LogP contribution in [-0.2, 0) is 5.75 Å². The van der Waals surface area contributed by atoms with Crippen LogP contribution in [0.4, 0.5) is 5.69 Å². The molecule has 1 aliphatic rings. The molecule has 0 radical (unpaired) electrons. The van der Waals surface area contributed by atoms with Gasteiger partial charge in [-0.2, -0.15) is 0 Å². The molecule has 0 fully saturated rings. The van der Waals surface area contributed by atoms with Gasteiger partial charge in [-0.15, -0.1) is 0 Å². The van der Waals surface area contributed by atoms with Crippen molar-refractivity contribution in [2.24, 2.45) is 4.99 Å². The summed E-state index contributed by atoms with van der Waals surface area (Å²) < 4.78 is 1.11. The second-order valence-electron chi connectivity index (χ2n) is 5.31. The van der Waals surface area contributed by atoms with E-state index in [2.05, 4.69) is 10.3 Å². The molecule has 0 spiro atoms. The molecule has 0 aliphatic carbocycles. The molecule has 124 valence electrons. The fraction of sp³-hybridized carbons (Fsp3) is 0.222. The number of hydrogen-bond donors (Lipinski definition) is 1. The molecule has 2 aromatic carbocycles. The Bertz CT molecular complexity index is 792. The Hall–Kier alpha value is -1.43. The van der Waals surface area contributed by atoms with Gasteiger partial charge in [0.25, 0.3) is 5.91 Å². The first kappa shape index (κ1) is 17.4. The average Bonchev–Trinajstić information content (AvgIpc) is 3.11. The molecule has 1 N–H and O–H groups in total. The van der Waals surface area contributed by atoms with Gasteiger partial charge in [-0.05, 0) is 36.2 Å². The van der Waals surface area contributed by atoms with Crippen molar-refractivity contribution < 1.29 is 4.79 Å². The van der Waals surface area contributed by atoms with Crippen molar-refractivity contribution in [2.75, 3.05) is 17.6 Å². The zero-order chi connectivity index (χ0) is 16.9. The number of benzene rings is 2. The quantitative estimate of drug-likeness (QED) is 0.793. The van der Waals surface area contributed by atoms with Crippen LogP contribution in [0.5, 0.6) is 0 Å². The topological polar surface area (TPSA) is 41.5 Å². The van der Waals surface area contributed by atoms with Crippen molar-refractivity contribution in [3.63, 3.8) is 0 Å². The van der Waals surface area contributed by atoms with E-state index in [4.69, 9.17) is 11.6 Å². The van der Waals surface area contributed by atoms with Gasteiger partial charge >= 0.3 is 0 Å².